The highest BCUT2D eigenvalue weighted by atomic mass is 32.1. The van der Waals surface area contributed by atoms with E-state index in [1.54, 1.807) is 24.3 Å². The van der Waals surface area contributed by atoms with Crippen LogP contribution in [0.1, 0.15) is 30.6 Å². The summed E-state index contributed by atoms with van der Waals surface area (Å²) in [5, 5.41) is 5.93. The first-order chi connectivity index (χ1) is 15.5. The number of aromatic nitrogens is 1. The van der Waals surface area contributed by atoms with E-state index < -0.39 is 0 Å². The second-order valence-corrected chi connectivity index (χ2v) is 7.75. The first kappa shape index (κ1) is 21.5. The van der Waals surface area contributed by atoms with Crippen molar-refractivity contribution >= 4 is 40.0 Å². The molecule has 3 aromatic carbocycles. The number of oxazole rings is 1. The second-order valence-electron chi connectivity index (χ2n) is 7.34. The van der Waals surface area contributed by atoms with Crippen molar-refractivity contribution in [3.05, 3.63) is 78.4 Å². The van der Waals surface area contributed by atoms with Gasteiger partial charge in [0, 0.05) is 16.8 Å². The molecule has 0 aliphatic rings. The Morgan fingerprint density at radius 1 is 1.09 bits per heavy atom. The third-order valence-corrected chi connectivity index (χ3v) is 5.12. The van der Waals surface area contributed by atoms with Gasteiger partial charge < -0.3 is 14.5 Å². The molecule has 4 rings (SSSR count). The van der Waals surface area contributed by atoms with Crippen LogP contribution >= 0.6 is 12.2 Å². The minimum Gasteiger partial charge on any atom is -0.491 e. The minimum absolute atomic E-state index is 0.122. The fourth-order valence-corrected chi connectivity index (χ4v) is 3.27. The molecule has 1 atom stereocenters. The third-order valence-electron chi connectivity index (χ3n) is 4.92. The van der Waals surface area contributed by atoms with Crippen LogP contribution in [0.15, 0.2) is 77.2 Å². The molecule has 0 spiro atoms. The van der Waals surface area contributed by atoms with Crippen molar-refractivity contribution in [3.8, 4) is 17.2 Å². The first-order valence-corrected chi connectivity index (χ1v) is 10.8. The molecule has 0 bridgehead atoms. The van der Waals surface area contributed by atoms with Crippen LogP contribution in [0.4, 0.5) is 5.69 Å². The van der Waals surface area contributed by atoms with Crippen molar-refractivity contribution in [2.75, 3.05) is 5.32 Å². The molecule has 0 radical (unpaired) electrons. The van der Waals surface area contributed by atoms with E-state index >= 15 is 0 Å². The molecular formula is C25H23N3O3S. The van der Waals surface area contributed by atoms with Crippen molar-refractivity contribution in [1.29, 1.82) is 0 Å². The molecule has 2 N–H and O–H groups in total. The van der Waals surface area contributed by atoms with Crippen LogP contribution in [-0.2, 0) is 0 Å². The Labute approximate surface area is 191 Å². The van der Waals surface area contributed by atoms with Crippen molar-refractivity contribution in [2.24, 2.45) is 0 Å². The van der Waals surface area contributed by atoms with E-state index in [2.05, 4.69) is 22.5 Å². The second kappa shape index (κ2) is 9.62. The van der Waals surface area contributed by atoms with Crippen molar-refractivity contribution in [2.45, 2.75) is 26.4 Å². The van der Waals surface area contributed by atoms with E-state index in [0.717, 1.165) is 28.8 Å². The number of carbonyl (C=O) groups excluding carboxylic acids is 1. The average molecular weight is 446 g/mol. The van der Waals surface area contributed by atoms with E-state index in [1.165, 1.54) is 0 Å². The van der Waals surface area contributed by atoms with Gasteiger partial charge in [-0.05, 0) is 80.2 Å². The van der Waals surface area contributed by atoms with E-state index in [-0.39, 0.29) is 17.1 Å². The van der Waals surface area contributed by atoms with Gasteiger partial charge in [0.05, 0.1) is 6.10 Å². The zero-order chi connectivity index (χ0) is 22.5. The highest BCUT2D eigenvalue weighted by Crippen LogP contribution is 2.26. The van der Waals surface area contributed by atoms with Crippen LogP contribution in [0.25, 0.3) is 22.6 Å². The largest absolute Gasteiger partial charge is 0.491 e. The number of hydrogen-bond acceptors (Lipinski definition) is 5. The number of rotatable bonds is 6. The number of nitrogens with one attached hydrogen (secondary N) is 2. The maximum Gasteiger partial charge on any atom is 0.257 e. The summed E-state index contributed by atoms with van der Waals surface area (Å²) in [6.07, 6.45) is 1.03. The lowest BCUT2D eigenvalue weighted by Crippen LogP contribution is -2.34. The lowest BCUT2D eigenvalue weighted by atomic mass is 10.2. The van der Waals surface area contributed by atoms with E-state index in [0.29, 0.717) is 17.1 Å². The van der Waals surface area contributed by atoms with Gasteiger partial charge in [0.15, 0.2) is 10.7 Å². The summed E-state index contributed by atoms with van der Waals surface area (Å²) in [6.45, 7) is 4.06. The van der Waals surface area contributed by atoms with E-state index in [1.807, 2.05) is 55.5 Å². The Balaban J connectivity index is 1.39. The molecule has 0 saturated carbocycles. The van der Waals surface area contributed by atoms with Crippen molar-refractivity contribution < 1.29 is 13.9 Å². The summed E-state index contributed by atoms with van der Waals surface area (Å²) in [6, 6.07) is 22.1. The summed E-state index contributed by atoms with van der Waals surface area (Å²) in [4.78, 5) is 17.0. The van der Waals surface area contributed by atoms with Gasteiger partial charge in [-0.15, -0.1) is 0 Å². The van der Waals surface area contributed by atoms with Gasteiger partial charge in [-0.3, -0.25) is 10.1 Å². The number of amides is 1. The van der Waals surface area contributed by atoms with E-state index in [9.17, 15) is 4.79 Å². The highest BCUT2D eigenvalue weighted by Gasteiger charge is 2.11. The quantitative estimate of drug-likeness (QED) is 0.365. The summed E-state index contributed by atoms with van der Waals surface area (Å²) in [5.41, 5.74) is 3.53. The summed E-state index contributed by atoms with van der Waals surface area (Å²) >= 11 is 5.32. The molecule has 1 aromatic heterocycles. The molecule has 0 aliphatic carbocycles. The summed E-state index contributed by atoms with van der Waals surface area (Å²) in [7, 11) is 0. The third kappa shape index (κ3) is 5.12. The Morgan fingerprint density at radius 2 is 1.88 bits per heavy atom. The summed E-state index contributed by atoms with van der Waals surface area (Å²) < 4.78 is 11.6. The van der Waals surface area contributed by atoms with Gasteiger partial charge in [-0.25, -0.2) is 4.98 Å². The van der Waals surface area contributed by atoms with Gasteiger partial charge in [0.2, 0.25) is 5.89 Å². The summed E-state index contributed by atoms with van der Waals surface area (Å²) in [5.74, 6) is 0.949. The maximum atomic E-state index is 12.5. The molecule has 1 unspecified atom stereocenters. The van der Waals surface area contributed by atoms with Crippen LogP contribution in [0, 0.1) is 0 Å². The standard InChI is InChI=1S/C25H23N3O3S/c1-3-16(2)30-20-13-11-17(12-14-20)23(29)28-25(32)26-19-8-6-7-18(15-19)24-27-21-9-4-5-10-22(21)31-24/h4-16H,3H2,1-2H3,(H2,26,28,29,32). The van der Waals surface area contributed by atoms with Crippen LogP contribution < -0.4 is 15.4 Å². The van der Waals surface area contributed by atoms with Crippen LogP contribution in [-0.4, -0.2) is 22.1 Å². The number of fused-ring (bicyclic) bond motifs is 1. The SMILES string of the molecule is CCC(C)Oc1ccc(C(=O)NC(=S)Nc2cccc(-c3nc4ccccc4o3)c2)cc1. The lowest BCUT2D eigenvalue weighted by Gasteiger charge is -2.13. The van der Waals surface area contributed by atoms with Crippen molar-refractivity contribution in [3.63, 3.8) is 0 Å². The van der Waals surface area contributed by atoms with Gasteiger partial charge in [0.25, 0.3) is 5.91 Å². The lowest BCUT2D eigenvalue weighted by molar-refractivity contribution is 0.0977. The molecule has 0 saturated heterocycles. The molecule has 1 heterocycles. The van der Waals surface area contributed by atoms with Crippen LogP contribution in [0.5, 0.6) is 5.75 Å². The molecular weight excluding hydrogens is 422 g/mol. The number of para-hydroxylation sites is 2. The number of carbonyl (C=O) groups is 1. The molecule has 1 amide bonds. The zero-order valence-electron chi connectivity index (χ0n) is 17.8. The van der Waals surface area contributed by atoms with Gasteiger partial charge in [-0.1, -0.05) is 25.1 Å². The number of benzene rings is 3. The van der Waals surface area contributed by atoms with Gasteiger partial charge >= 0.3 is 0 Å². The fourth-order valence-electron chi connectivity index (χ4n) is 3.06. The molecule has 6 nitrogen and oxygen atoms in total. The molecule has 0 aliphatic heterocycles. The van der Waals surface area contributed by atoms with Crippen molar-refractivity contribution in [1.82, 2.24) is 10.3 Å². The average Bonchev–Trinajstić information content (AvgIpc) is 3.24. The zero-order valence-corrected chi connectivity index (χ0v) is 18.6. The number of thiocarbonyl (C=S) groups is 1. The smallest absolute Gasteiger partial charge is 0.257 e. The molecule has 4 aromatic rings. The Kier molecular flexibility index (Phi) is 6.47. The Morgan fingerprint density at radius 3 is 2.62 bits per heavy atom. The van der Waals surface area contributed by atoms with Gasteiger partial charge in [-0.2, -0.15) is 0 Å². The number of nitrogens with zero attached hydrogens (tertiary/aromatic N) is 1. The fraction of sp³-hybridized carbons (Fsp3) is 0.160. The number of hydrogen-bond donors (Lipinski definition) is 2. The normalized spacial score (nSPS) is 11.7. The topological polar surface area (TPSA) is 76.4 Å². The molecule has 7 heteroatoms. The number of ether oxygens (including phenoxy) is 1. The first-order valence-electron chi connectivity index (χ1n) is 10.4. The van der Waals surface area contributed by atoms with E-state index in [4.69, 9.17) is 21.4 Å². The minimum atomic E-state index is -0.298. The van der Waals surface area contributed by atoms with Crippen LogP contribution in [0.2, 0.25) is 0 Å². The maximum absolute atomic E-state index is 12.5. The molecule has 0 fully saturated rings. The Hall–Kier alpha value is -3.71. The molecule has 32 heavy (non-hydrogen) atoms. The number of anilines is 1. The predicted molar refractivity (Wildman–Crippen MR) is 130 cm³/mol. The Bertz CT molecular complexity index is 1220. The molecule has 162 valence electrons. The van der Waals surface area contributed by atoms with Crippen LogP contribution in [0.3, 0.4) is 0 Å². The van der Waals surface area contributed by atoms with Gasteiger partial charge in [0.1, 0.15) is 11.3 Å². The highest BCUT2D eigenvalue weighted by molar-refractivity contribution is 7.80. The monoisotopic (exact) mass is 445 g/mol. The predicted octanol–water partition coefficient (Wildman–Crippen LogP) is 5.80.